The molecule has 2 aromatic carbocycles. The van der Waals surface area contributed by atoms with Gasteiger partial charge in [0, 0.05) is 51.1 Å². The number of rotatable bonds is 7. The molecule has 0 radical (unpaired) electrons. The van der Waals surface area contributed by atoms with Gasteiger partial charge in [-0.05, 0) is 48.7 Å². The summed E-state index contributed by atoms with van der Waals surface area (Å²) in [5.41, 5.74) is 3.98. The third-order valence-corrected chi connectivity index (χ3v) is 6.39. The zero-order valence-electron chi connectivity index (χ0n) is 18.5. The minimum absolute atomic E-state index is 0.252. The third kappa shape index (κ3) is 4.84. The van der Waals surface area contributed by atoms with Crippen molar-refractivity contribution in [1.82, 2.24) is 19.9 Å². The molecule has 3 aromatic rings. The number of piperazine rings is 1. The molecule has 2 aliphatic rings. The Morgan fingerprint density at radius 1 is 1.03 bits per heavy atom. The van der Waals surface area contributed by atoms with Crippen LogP contribution in [0.15, 0.2) is 40.9 Å². The van der Waals surface area contributed by atoms with Gasteiger partial charge in [-0.1, -0.05) is 29.4 Å². The van der Waals surface area contributed by atoms with Crippen molar-refractivity contribution in [3.05, 3.63) is 64.8 Å². The highest BCUT2D eigenvalue weighted by Crippen LogP contribution is 2.26. The normalized spacial score (nSPS) is 16.8. The lowest BCUT2D eigenvalue weighted by atomic mass is 10.1. The first-order chi connectivity index (χ1) is 15.6. The molecule has 5 rings (SSSR count). The summed E-state index contributed by atoms with van der Waals surface area (Å²) in [7, 11) is 0. The first kappa shape index (κ1) is 21.1. The van der Waals surface area contributed by atoms with E-state index in [9.17, 15) is 4.39 Å². The Kier molecular flexibility index (Phi) is 6.19. The van der Waals surface area contributed by atoms with E-state index >= 15 is 0 Å². The molecule has 32 heavy (non-hydrogen) atoms. The van der Waals surface area contributed by atoms with Crippen LogP contribution in [0.3, 0.4) is 0 Å². The summed E-state index contributed by atoms with van der Waals surface area (Å²) >= 11 is 0. The van der Waals surface area contributed by atoms with Gasteiger partial charge in [0.2, 0.25) is 11.7 Å². The minimum atomic E-state index is -0.252. The number of nitrogens with zero attached hydrogens (tertiary/aromatic N) is 4. The average Bonchev–Trinajstić information content (AvgIpc) is 3.46. The lowest BCUT2D eigenvalue weighted by Gasteiger charge is -2.34. The maximum Gasteiger partial charge on any atom is 0.227 e. The molecule has 0 bridgehead atoms. The topological polar surface area (TPSA) is 54.6 Å². The zero-order valence-corrected chi connectivity index (χ0v) is 18.5. The Morgan fingerprint density at radius 3 is 2.72 bits per heavy atom. The molecule has 0 unspecified atom stereocenters. The smallest absolute Gasteiger partial charge is 0.227 e. The molecular formula is C25H29FN4O2. The molecule has 3 heterocycles. The lowest BCUT2D eigenvalue weighted by Crippen LogP contribution is -2.46. The standard InChI is InChI=1S/C25H29FN4O2/c1-18-4-6-21(16-22(18)26)25-27-24(32-28-25)3-2-9-29-10-12-30(13-11-29)17-19-5-7-23-20(15-19)8-14-31-23/h4-7,15-16H,2-3,8-14,17H2,1H3. The molecule has 0 spiro atoms. The maximum atomic E-state index is 13.8. The van der Waals surface area contributed by atoms with Gasteiger partial charge in [-0.25, -0.2) is 4.39 Å². The highest BCUT2D eigenvalue weighted by atomic mass is 19.1. The molecule has 0 atom stereocenters. The highest BCUT2D eigenvalue weighted by Gasteiger charge is 2.19. The molecule has 7 heteroatoms. The summed E-state index contributed by atoms with van der Waals surface area (Å²) in [6, 6.07) is 11.6. The summed E-state index contributed by atoms with van der Waals surface area (Å²) in [6.45, 7) is 8.88. The van der Waals surface area contributed by atoms with Crippen molar-refractivity contribution in [3.8, 4) is 17.1 Å². The van der Waals surface area contributed by atoms with Crippen molar-refractivity contribution in [1.29, 1.82) is 0 Å². The summed E-state index contributed by atoms with van der Waals surface area (Å²) in [5.74, 6) is 1.86. The van der Waals surface area contributed by atoms with Crippen molar-refractivity contribution in [3.63, 3.8) is 0 Å². The number of fused-ring (bicyclic) bond motifs is 1. The summed E-state index contributed by atoms with van der Waals surface area (Å²) < 4.78 is 24.8. The van der Waals surface area contributed by atoms with Crippen LogP contribution in [0.5, 0.6) is 5.75 Å². The van der Waals surface area contributed by atoms with Gasteiger partial charge in [0.15, 0.2) is 0 Å². The predicted molar refractivity (Wildman–Crippen MR) is 120 cm³/mol. The summed E-state index contributed by atoms with van der Waals surface area (Å²) in [4.78, 5) is 9.46. The van der Waals surface area contributed by atoms with E-state index < -0.39 is 0 Å². The minimum Gasteiger partial charge on any atom is -0.493 e. The second-order valence-corrected chi connectivity index (χ2v) is 8.74. The van der Waals surface area contributed by atoms with E-state index in [2.05, 4.69) is 38.1 Å². The Balaban J connectivity index is 1.05. The molecule has 168 valence electrons. The number of benzene rings is 2. The van der Waals surface area contributed by atoms with Crippen molar-refractivity contribution < 1.29 is 13.7 Å². The quantitative estimate of drug-likeness (QED) is 0.561. The molecule has 0 amide bonds. The summed E-state index contributed by atoms with van der Waals surface area (Å²) in [6.07, 6.45) is 2.73. The van der Waals surface area contributed by atoms with E-state index in [4.69, 9.17) is 9.26 Å². The van der Waals surface area contributed by atoms with Gasteiger partial charge in [-0.2, -0.15) is 4.98 Å². The van der Waals surface area contributed by atoms with E-state index in [1.54, 1.807) is 13.0 Å². The average molecular weight is 437 g/mol. The number of hydrogen-bond donors (Lipinski definition) is 0. The molecule has 2 aliphatic heterocycles. The Hall–Kier alpha value is -2.77. The van der Waals surface area contributed by atoms with Crippen molar-refractivity contribution in [2.24, 2.45) is 0 Å². The van der Waals surface area contributed by atoms with E-state index in [1.165, 1.54) is 17.2 Å². The SMILES string of the molecule is Cc1ccc(-c2noc(CCCN3CCN(Cc4ccc5c(c4)CCO5)CC3)n2)cc1F. The van der Waals surface area contributed by atoms with E-state index in [0.717, 1.165) is 70.9 Å². The maximum absolute atomic E-state index is 13.8. The van der Waals surface area contributed by atoms with Crippen LogP contribution in [0.25, 0.3) is 11.4 Å². The molecule has 1 aromatic heterocycles. The third-order valence-electron chi connectivity index (χ3n) is 6.39. The molecule has 0 N–H and O–H groups in total. The first-order valence-electron chi connectivity index (χ1n) is 11.4. The first-order valence-corrected chi connectivity index (χ1v) is 11.4. The highest BCUT2D eigenvalue weighted by molar-refractivity contribution is 5.54. The van der Waals surface area contributed by atoms with E-state index in [0.29, 0.717) is 22.8 Å². The van der Waals surface area contributed by atoms with Gasteiger partial charge in [0.25, 0.3) is 0 Å². The molecule has 0 saturated carbocycles. The van der Waals surface area contributed by atoms with Gasteiger partial charge in [-0.15, -0.1) is 0 Å². The second kappa shape index (κ2) is 9.38. The van der Waals surface area contributed by atoms with Crippen LogP contribution in [-0.2, 0) is 19.4 Å². The van der Waals surface area contributed by atoms with Crippen molar-refractivity contribution >= 4 is 0 Å². The second-order valence-electron chi connectivity index (χ2n) is 8.74. The molecule has 1 saturated heterocycles. The van der Waals surface area contributed by atoms with Crippen LogP contribution >= 0.6 is 0 Å². The Bertz CT molecular complexity index is 1080. The summed E-state index contributed by atoms with van der Waals surface area (Å²) in [5, 5.41) is 4.01. The molecule has 0 aliphatic carbocycles. The zero-order chi connectivity index (χ0) is 21.9. The fourth-order valence-corrected chi connectivity index (χ4v) is 4.43. The van der Waals surface area contributed by atoms with Crippen molar-refractivity contribution in [2.75, 3.05) is 39.3 Å². The van der Waals surface area contributed by atoms with Gasteiger partial charge in [0.05, 0.1) is 6.61 Å². The number of aromatic nitrogens is 2. The fraction of sp³-hybridized carbons (Fsp3) is 0.440. The van der Waals surface area contributed by atoms with Gasteiger partial charge < -0.3 is 14.2 Å². The van der Waals surface area contributed by atoms with Crippen LogP contribution in [0.1, 0.15) is 29.0 Å². The van der Waals surface area contributed by atoms with Crippen LogP contribution in [0.4, 0.5) is 4.39 Å². The van der Waals surface area contributed by atoms with Crippen LogP contribution in [0, 0.1) is 12.7 Å². The predicted octanol–water partition coefficient (Wildman–Crippen LogP) is 3.87. The fourth-order valence-electron chi connectivity index (χ4n) is 4.43. The number of halogens is 1. The molecule has 1 fully saturated rings. The van der Waals surface area contributed by atoms with Crippen LogP contribution in [0.2, 0.25) is 0 Å². The lowest BCUT2D eigenvalue weighted by molar-refractivity contribution is 0.125. The van der Waals surface area contributed by atoms with Crippen LogP contribution < -0.4 is 4.74 Å². The molecule has 6 nitrogen and oxygen atoms in total. The van der Waals surface area contributed by atoms with Gasteiger partial charge in [-0.3, -0.25) is 4.90 Å². The number of ether oxygens (including phenoxy) is 1. The number of aryl methyl sites for hydroxylation is 2. The van der Waals surface area contributed by atoms with Crippen molar-refractivity contribution in [2.45, 2.75) is 32.7 Å². The van der Waals surface area contributed by atoms with E-state index in [-0.39, 0.29) is 5.82 Å². The van der Waals surface area contributed by atoms with Crippen LogP contribution in [-0.4, -0.2) is 59.3 Å². The van der Waals surface area contributed by atoms with E-state index in [1.807, 2.05) is 6.07 Å². The monoisotopic (exact) mass is 436 g/mol. The largest absolute Gasteiger partial charge is 0.493 e. The Labute approximate surface area is 188 Å². The Morgan fingerprint density at radius 2 is 1.88 bits per heavy atom. The number of hydrogen-bond acceptors (Lipinski definition) is 6. The van der Waals surface area contributed by atoms with Gasteiger partial charge in [0.1, 0.15) is 11.6 Å². The van der Waals surface area contributed by atoms with Gasteiger partial charge >= 0.3 is 0 Å². The molecular weight excluding hydrogens is 407 g/mol.